The van der Waals surface area contributed by atoms with Gasteiger partial charge in [-0.05, 0) is 63.0 Å². The Morgan fingerprint density at radius 3 is 2.52 bits per heavy atom. The summed E-state index contributed by atoms with van der Waals surface area (Å²) in [4.78, 5) is 14.6. The molecular weight excluding hydrogens is 262 g/mol. The Bertz CT molecular complexity index is 438. The fraction of sp³-hybridized carbons (Fsp3) is 0.588. The molecule has 4 nitrogen and oxygen atoms in total. The molecule has 1 heterocycles. The Morgan fingerprint density at radius 1 is 1.24 bits per heavy atom. The van der Waals surface area contributed by atoms with Gasteiger partial charge >= 0.3 is 0 Å². The van der Waals surface area contributed by atoms with Crippen LogP contribution in [0.15, 0.2) is 24.3 Å². The van der Waals surface area contributed by atoms with E-state index in [1.165, 1.54) is 25.9 Å². The Kier molecular flexibility index (Phi) is 6.05. The Morgan fingerprint density at radius 2 is 1.90 bits per heavy atom. The van der Waals surface area contributed by atoms with Gasteiger partial charge in [0, 0.05) is 30.9 Å². The minimum Gasteiger partial charge on any atom is -0.385 e. The van der Waals surface area contributed by atoms with Crippen LogP contribution in [0.1, 0.15) is 37.0 Å². The number of benzene rings is 1. The van der Waals surface area contributed by atoms with Gasteiger partial charge in [-0.1, -0.05) is 6.92 Å². The number of rotatable bonds is 7. The average molecular weight is 289 g/mol. The van der Waals surface area contributed by atoms with Crippen LogP contribution in [0.25, 0.3) is 0 Å². The lowest BCUT2D eigenvalue weighted by atomic mass is 10.1. The van der Waals surface area contributed by atoms with Crippen LogP contribution in [-0.4, -0.2) is 43.5 Å². The summed E-state index contributed by atoms with van der Waals surface area (Å²) in [6.07, 6.45) is 2.63. The van der Waals surface area contributed by atoms with E-state index in [2.05, 4.69) is 29.4 Å². The topological polar surface area (TPSA) is 44.4 Å². The molecule has 1 aliphatic rings. The van der Waals surface area contributed by atoms with E-state index < -0.39 is 0 Å². The summed E-state index contributed by atoms with van der Waals surface area (Å²) < 4.78 is 0. The molecule has 4 heteroatoms. The van der Waals surface area contributed by atoms with Crippen molar-refractivity contribution in [1.82, 2.24) is 10.2 Å². The van der Waals surface area contributed by atoms with Crippen molar-refractivity contribution < 1.29 is 4.79 Å². The second-order valence-corrected chi connectivity index (χ2v) is 5.93. The van der Waals surface area contributed by atoms with Gasteiger partial charge < -0.3 is 15.5 Å². The van der Waals surface area contributed by atoms with Crippen molar-refractivity contribution in [2.24, 2.45) is 5.92 Å². The van der Waals surface area contributed by atoms with Gasteiger partial charge in [-0.25, -0.2) is 0 Å². The summed E-state index contributed by atoms with van der Waals surface area (Å²) >= 11 is 0. The minimum absolute atomic E-state index is 0.0197. The van der Waals surface area contributed by atoms with E-state index in [1.54, 1.807) is 0 Å². The molecule has 1 unspecified atom stereocenters. The van der Waals surface area contributed by atoms with E-state index in [0.29, 0.717) is 5.92 Å². The molecule has 1 atom stereocenters. The van der Waals surface area contributed by atoms with Gasteiger partial charge in [-0.2, -0.15) is 0 Å². The maximum atomic E-state index is 12.1. The van der Waals surface area contributed by atoms with E-state index in [4.69, 9.17) is 0 Å². The predicted molar refractivity (Wildman–Crippen MR) is 87.8 cm³/mol. The first-order valence-electron chi connectivity index (χ1n) is 8.03. The van der Waals surface area contributed by atoms with Crippen molar-refractivity contribution in [3.8, 4) is 0 Å². The number of hydrogen-bond acceptors (Lipinski definition) is 3. The first-order chi connectivity index (χ1) is 10.2. The molecule has 0 spiro atoms. The van der Waals surface area contributed by atoms with Gasteiger partial charge in [-0.15, -0.1) is 0 Å². The third-order valence-corrected chi connectivity index (χ3v) is 3.91. The highest BCUT2D eigenvalue weighted by molar-refractivity contribution is 5.94. The number of nitrogens with one attached hydrogen (secondary N) is 2. The van der Waals surface area contributed by atoms with E-state index in [-0.39, 0.29) is 5.91 Å². The smallest absolute Gasteiger partial charge is 0.251 e. The molecule has 1 saturated heterocycles. The summed E-state index contributed by atoms with van der Waals surface area (Å²) in [6.45, 7) is 9.40. The summed E-state index contributed by atoms with van der Waals surface area (Å²) in [5.74, 6) is 0.513. The quantitative estimate of drug-likeness (QED) is 0.811. The van der Waals surface area contributed by atoms with Gasteiger partial charge in [0.2, 0.25) is 0 Å². The predicted octanol–water partition coefficient (Wildman–Crippen LogP) is 2.58. The van der Waals surface area contributed by atoms with E-state index >= 15 is 0 Å². The Labute approximate surface area is 127 Å². The number of likely N-dealkylation sites (tertiary alicyclic amines) is 1. The standard InChI is InChI=1S/C17H27N3O/c1-3-18-16-8-6-15(7-9-16)17(21)19-12-14(2)13-20-10-4-5-11-20/h6-9,14,18H,3-5,10-13H2,1-2H3,(H,19,21). The number of carbonyl (C=O) groups excluding carboxylic acids is 1. The normalized spacial score (nSPS) is 16.7. The first-order valence-corrected chi connectivity index (χ1v) is 8.03. The summed E-state index contributed by atoms with van der Waals surface area (Å²) in [5.41, 5.74) is 1.78. The van der Waals surface area contributed by atoms with Crippen LogP contribution < -0.4 is 10.6 Å². The SMILES string of the molecule is CCNc1ccc(C(=O)NCC(C)CN2CCCC2)cc1. The van der Waals surface area contributed by atoms with Crippen molar-refractivity contribution in [2.75, 3.05) is 38.0 Å². The summed E-state index contributed by atoms with van der Waals surface area (Å²) in [6, 6.07) is 7.65. The molecule has 0 aromatic heterocycles. The highest BCUT2D eigenvalue weighted by atomic mass is 16.1. The van der Waals surface area contributed by atoms with Crippen LogP contribution in [0.5, 0.6) is 0 Å². The molecular formula is C17H27N3O. The average Bonchev–Trinajstić information content (AvgIpc) is 2.99. The van der Waals surface area contributed by atoms with Crippen LogP contribution in [0, 0.1) is 5.92 Å². The molecule has 116 valence electrons. The van der Waals surface area contributed by atoms with Crippen molar-refractivity contribution >= 4 is 11.6 Å². The van der Waals surface area contributed by atoms with Crippen LogP contribution in [0.2, 0.25) is 0 Å². The highest BCUT2D eigenvalue weighted by Crippen LogP contribution is 2.11. The largest absolute Gasteiger partial charge is 0.385 e. The molecule has 1 amide bonds. The molecule has 0 radical (unpaired) electrons. The second kappa shape index (κ2) is 8.03. The third-order valence-electron chi connectivity index (χ3n) is 3.91. The van der Waals surface area contributed by atoms with Gasteiger partial charge in [0.25, 0.3) is 5.91 Å². The number of hydrogen-bond donors (Lipinski definition) is 2. The number of anilines is 1. The first kappa shape index (κ1) is 15.8. The van der Waals surface area contributed by atoms with Gasteiger partial charge in [0.1, 0.15) is 0 Å². The number of carbonyl (C=O) groups is 1. The molecule has 0 aliphatic carbocycles. The number of amides is 1. The second-order valence-electron chi connectivity index (χ2n) is 5.93. The molecule has 1 aliphatic heterocycles. The molecule has 2 N–H and O–H groups in total. The van der Waals surface area contributed by atoms with Gasteiger partial charge in [-0.3, -0.25) is 4.79 Å². The highest BCUT2D eigenvalue weighted by Gasteiger charge is 2.15. The zero-order valence-electron chi connectivity index (χ0n) is 13.2. The van der Waals surface area contributed by atoms with E-state index in [0.717, 1.165) is 30.9 Å². The Balaban J connectivity index is 1.75. The number of nitrogens with zero attached hydrogens (tertiary/aromatic N) is 1. The van der Waals surface area contributed by atoms with E-state index in [9.17, 15) is 4.79 Å². The Hall–Kier alpha value is -1.55. The van der Waals surface area contributed by atoms with Crippen LogP contribution in [0.4, 0.5) is 5.69 Å². The van der Waals surface area contributed by atoms with Crippen LogP contribution >= 0.6 is 0 Å². The molecule has 21 heavy (non-hydrogen) atoms. The van der Waals surface area contributed by atoms with Crippen molar-refractivity contribution in [2.45, 2.75) is 26.7 Å². The molecule has 0 bridgehead atoms. The zero-order valence-corrected chi connectivity index (χ0v) is 13.2. The lowest BCUT2D eigenvalue weighted by molar-refractivity contribution is 0.0945. The lowest BCUT2D eigenvalue weighted by Crippen LogP contribution is -2.34. The fourth-order valence-corrected chi connectivity index (χ4v) is 2.78. The minimum atomic E-state index is 0.0197. The van der Waals surface area contributed by atoms with Crippen LogP contribution in [-0.2, 0) is 0 Å². The molecule has 2 rings (SSSR count). The monoisotopic (exact) mass is 289 g/mol. The van der Waals surface area contributed by atoms with E-state index in [1.807, 2.05) is 24.3 Å². The summed E-state index contributed by atoms with van der Waals surface area (Å²) in [5, 5.41) is 6.27. The zero-order chi connectivity index (χ0) is 15.1. The summed E-state index contributed by atoms with van der Waals surface area (Å²) in [7, 11) is 0. The molecule has 1 aromatic carbocycles. The molecule has 1 fully saturated rings. The lowest BCUT2D eigenvalue weighted by Gasteiger charge is -2.20. The van der Waals surface area contributed by atoms with Crippen molar-refractivity contribution in [1.29, 1.82) is 0 Å². The fourth-order valence-electron chi connectivity index (χ4n) is 2.78. The maximum absolute atomic E-state index is 12.1. The van der Waals surface area contributed by atoms with Gasteiger partial charge in [0.05, 0.1) is 0 Å². The van der Waals surface area contributed by atoms with Crippen molar-refractivity contribution in [3.05, 3.63) is 29.8 Å². The maximum Gasteiger partial charge on any atom is 0.251 e. The molecule has 1 aromatic rings. The van der Waals surface area contributed by atoms with Gasteiger partial charge in [0.15, 0.2) is 0 Å². The molecule has 0 saturated carbocycles. The van der Waals surface area contributed by atoms with Crippen LogP contribution in [0.3, 0.4) is 0 Å². The third kappa shape index (κ3) is 5.05. The van der Waals surface area contributed by atoms with Crippen molar-refractivity contribution in [3.63, 3.8) is 0 Å².